The predicted octanol–water partition coefficient (Wildman–Crippen LogP) is 2.93. The number of carbonyl (C=O) groups excluding carboxylic acids is 1. The molecule has 3 aliphatic rings. The fourth-order valence-electron chi connectivity index (χ4n) is 4.44. The zero-order valence-electron chi connectivity index (χ0n) is 14.1. The van der Waals surface area contributed by atoms with Crippen LogP contribution in [-0.4, -0.2) is 29.9 Å². The number of ether oxygens (including phenoxy) is 1. The lowest BCUT2D eigenvalue weighted by Gasteiger charge is -2.29. The number of rotatable bonds is 7. The SMILES string of the molecule is CCOC(OOC(=O)C1C2C=CC(C2)C1C(=O)O)C1CCCCC1. The van der Waals surface area contributed by atoms with Gasteiger partial charge in [-0.25, -0.2) is 4.79 Å². The molecule has 0 amide bonds. The van der Waals surface area contributed by atoms with Crippen molar-refractivity contribution in [3.63, 3.8) is 0 Å². The lowest BCUT2D eigenvalue weighted by molar-refractivity contribution is -0.368. The maximum absolute atomic E-state index is 12.4. The fraction of sp³-hybridized carbons (Fsp3) is 0.778. The minimum Gasteiger partial charge on any atom is -0.481 e. The largest absolute Gasteiger partial charge is 0.481 e. The third kappa shape index (κ3) is 3.49. The van der Waals surface area contributed by atoms with E-state index in [4.69, 9.17) is 14.5 Å². The van der Waals surface area contributed by atoms with Crippen molar-refractivity contribution in [1.29, 1.82) is 0 Å². The van der Waals surface area contributed by atoms with Crippen LogP contribution in [0.5, 0.6) is 0 Å². The number of allylic oxidation sites excluding steroid dienone is 2. The molecule has 0 spiro atoms. The second-order valence-corrected chi connectivity index (χ2v) is 7.06. The van der Waals surface area contributed by atoms with Crippen LogP contribution in [0.2, 0.25) is 0 Å². The zero-order chi connectivity index (χ0) is 17.1. The quantitative estimate of drug-likeness (QED) is 0.333. The van der Waals surface area contributed by atoms with Crippen molar-refractivity contribution in [2.24, 2.45) is 29.6 Å². The van der Waals surface area contributed by atoms with E-state index in [1.54, 1.807) is 0 Å². The Bertz CT molecular complexity index is 496. The smallest absolute Gasteiger partial charge is 0.347 e. The van der Waals surface area contributed by atoms with Gasteiger partial charge >= 0.3 is 11.9 Å². The number of hydrogen-bond donors (Lipinski definition) is 1. The van der Waals surface area contributed by atoms with E-state index in [1.807, 2.05) is 19.1 Å². The zero-order valence-corrected chi connectivity index (χ0v) is 14.1. The topological polar surface area (TPSA) is 82.1 Å². The summed E-state index contributed by atoms with van der Waals surface area (Å²) in [7, 11) is 0. The Morgan fingerprint density at radius 1 is 1.12 bits per heavy atom. The maximum Gasteiger partial charge on any atom is 0.347 e. The summed E-state index contributed by atoms with van der Waals surface area (Å²) in [5.74, 6) is -2.81. The van der Waals surface area contributed by atoms with Gasteiger partial charge in [-0.1, -0.05) is 31.4 Å². The second-order valence-electron chi connectivity index (χ2n) is 7.06. The Labute approximate surface area is 142 Å². The molecular formula is C18H26O6. The first-order valence-corrected chi connectivity index (χ1v) is 9.01. The Balaban J connectivity index is 1.59. The van der Waals surface area contributed by atoms with Crippen LogP contribution in [0.4, 0.5) is 0 Å². The highest BCUT2D eigenvalue weighted by atomic mass is 17.2. The van der Waals surface area contributed by atoms with E-state index in [2.05, 4.69) is 0 Å². The monoisotopic (exact) mass is 338 g/mol. The molecule has 3 aliphatic carbocycles. The molecule has 0 heterocycles. The predicted molar refractivity (Wildman–Crippen MR) is 84.5 cm³/mol. The molecule has 0 aromatic carbocycles. The number of aliphatic carboxylic acids is 1. The van der Waals surface area contributed by atoms with Gasteiger partial charge in [-0.3, -0.25) is 9.68 Å². The van der Waals surface area contributed by atoms with Crippen LogP contribution in [-0.2, 0) is 24.1 Å². The van der Waals surface area contributed by atoms with Gasteiger partial charge in [-0.15, -0.1) is 0 Å². The molecule has 2 fully saturated rings. The maximum atomic E-state index is 12.4. The molecular weight excluding hydrogens is 312 g/mol. The molecule has 0 saturated heterocycles. The first kappa shape index (κ1) is 17.4. The van der Waals surface area contributed by atoms with E-state index < -0.39 is 30.1 Å². The Morgan fingerprint density at radius 2 is 1.79 bits per heavy atom. The number of carboxylic acid groups (broad SMARTS) is 1. The highest BCUT2D eigenvalue weighted by molar-refractivity contribution is 5.83. The van der Waals surface area contributed by atoms with Gasteiger partial charge in [0.25, 0.3) is 0 Å². The molecule has 5 atom stereocenters. The van der Waals surface area contributed by atoms with Crippen LogP contribution >= 0.6 is 0 Å². The van der Waals surface area contributed by atoms with Crippen LogP contribution in [0.25, 0.3) is 0 Å². The standard InChI is InChI=1S/C18H26O6/c1-2-22-18(11-6-4-3-5-7-11)24-23-17(21)15-13-9-8-12(10-13)14(15)16(19)20/h8-9,11-15,18H,2-7,10H2,1H3,(H,19,20). The Hall–Kier alpha value is -1.40. The number of fused-ring (bicyclic) bond motifs is 2. The summed E-state index contributed by atoms with van der Waals surface area (Å²) < 4.78 is 5.60. The summed E-state index contributed by atoms with van der Waals surface area (Å²) in [6.45, 7) is 2.36. The summed E-state index contributed by atoms with van der Waals surface area (Å²) in [5, 5.41) is 9.41. The van der Waals surface area contributed by atoms with Crippen molar-refractivity contribution >= 4 is 11.9 Å². The first-order valence-electron chi connectivity index (χ1n) is 9.01. The molecule has 0 aromatic heterocycles. The van der Waals surface area contributed by atoms with Crippen molar-refractivity contribution in [3.8, 4) is 0 Å². The molecule has 2 bridgehead atoms. The minimum absolute atomic E-state index is 0.0626. The van der Waals surface area contributed by atoms with E-state index in [-0.39, 0.29) is 17.8 Å². The molecule has 6 heteroatoms. The van der Waals surface area contributed by atoms with Crippen molar-refractivity contribution in [1.82, 2.24) is 0 Å². The average Bonchev–Trinajstić information content (AvgIpc) is 3.20. The minimum atomic E-state index is -0.942. The van der Waals surface area contributed by atoms with Gasteiger partial charge in [0.05, 0.1) is 11.8 Å². The third-order valence-electron chi connectivity index (χ3n) is 5.61. The van der Waals surface area contributed by atoms with Crippen LogP contribution in [0, 0.1) is 29.6 Å². The third-order valence-corrected chi connectivity index (χ3v) is 5.61. The molecule has 24 heavy (non-hydrogen) atoms. The van der Waals surface area contributed by atoms with Crippen molar-refractivity contribution < 1.29 is 29.2 Å². The summed E-state index contributed by atoms with van der Waals surface area (Å²) >= 11 is 0. The summed E-state index contributed by atoms with van der Waals surface area (Å²) in [4.78, 5) is 34.3. The first-order chi connectivity index (χ1) is 11.6. The van der Waals surface area contributed by atoms with Gasteiger partial charge in [-0.05, 0) is 38.0 Å². The molecule has 0 radical (unpaired) electrons. The van der Waals surface area contributed by atoms with Crippen molar-refractivity contribution in [2.75, 3.05) is 6.61 Å². The van der Waals surface area contributed by atoms with E-state index in [1.165, 1.54) is 6.42 Å². The molecule has 2 saturated carbocycles. The molecule has 6 nitrogen and oxygen atoms in total. The van der Waals surface area contributed by atoms with Crippen LogP contribution in [0.1, 0.15) is 45.4 Å². The lowest BCUT2D eigenvalue weighted by atomic mass is 9.83. The molecule has 3 rings (SSSR count). The van der Waals surface area contributed by atoms with Crippen LogP contribution in [0.15, 0.2) is 12.2 Å². The molecule has 134 valence electrons. The van der Waals surface area contributed by atoms with Gasteiger partial charge in [0, 0.05) is 12.5 Å². The van der Waals surface area contributed by atoms with Crippen LogP contribution < -0.4 is 0 Å². The van der Waals surface area contributed by atoms with Gasteiger partial charge in [0.15, 0.2) is 0 Å². The number of carboxylic acids is 1. The number of hydrogen-bond acceptors (Lipinski definition) is 5. The second kappa shape index (κ2) is 7.66. The van der Waals surface area contributed by atoms with Gasteiger partial charge in [0.1, 0.15) is 0 Å². The van der Waals surface area contributed by atoms with Crippen molar-refractivity contribution in [2.45, 2.75) is 51.7 Å². The fourth-order valence-corrected chi connectivity index (χ4v) is 4.44. The van der Waals surface area contributed by atoms with Crippen LogP contribution in [0.3, 0.4) is 0 Å². The van der Waals surface area contributed by atoms with Gasteiger partial charge in [0.2, 0.25) is 6.29 Å². The highest BCUT2D eigenvalue weighted by Gasteiger charge is 2.53. The molecule has 0 aliphatic heterocycles. The Morgan fingerprint density at radius 3 is 2.42 bits per heavy atom. The summed E-state index contributed by atoms with van der Waals surface area (Å²) in [6.07, 6.45) is 9.44. The average molecular weight is 338 g/mol. The summed E-state index contributed by atoms with van der Waals surface area (Å²) in [6, 6.07) is 0. The van der Waals surface area contributed by atoms with Gasteiger partial charge in [-0.2, -0.15) is 4.89 Å². The normalized spacial score (nSPS) is 33.5. The van der Waals surface area contributed by atoms with Gasteiger partial charge < -0.3 is 9.84 Å². The molecule has 1 N–H and O–H groups in total. The number of carbonyl (C=O) groups is 2. The molecule has 0 aromatic rings. The van der Waals surface area contributed by atoms with E-state index in [0.717, 1.165) is 25.7 Å². The van der Waals surface area contributed by atoms with E-state index in [9.17, 15) is 14.7 Å². The molecule has 5 unspecified atom stereocenters. The van der Waals surface area contributed by atoms with E-state index in [0.29, 0.717) is 13.0 Å². The highest BCUT2D eigenvalue weighted by Crippen LogP contribution is 2.48. The van der Waals surface area contributed by atoms with Crippen molar-refractivity contribution in [3.05, 3.63) is 12.2 Å². The Kier molecular flexibility index (Phi) is 5.56. The lowest BCUT2D eigenvalue weighted by Crippen LogP contribution is -2.36. The summed E-state index contributed by atoms with van der Waals surface area (Å²) in [5.41, 5.74) is 0. The van der Waals surface area contributed by atoms with E-state index >= 15 is 0 Å².